The van der Waals surface area contributed by atoms with E-state index < -0.39 is 65.8 Å². The largest absolute Gasteiger partial charge is 0.460 e. The molecule has 2 rings (SSSR count). The molecule has 0 aromatic heterocycles. The number of fused-ring (bicyclic) bond motifs is 2. The molecule has 2 saturated carbocycles. The zero-order valence-corrected chi connectivity index (χ0v) is 17.2. The van der Waals surface area contributed by atoms with Crippen LogP contribution < -0.4 is 0 Å². The molecule has 0 aromatic rings. The van der Waals surface area contributed by atoms with Crippen LogP contribution in [0.4, 0.5) is 57.1 Å². The summed E-state index contributed by atoms with van der Waals surface area (Å²) in [5, 5.41) is -3.34. The van der Waals surface area contributed by atoms with E-state index in [1.54, 1.807) is 0 Å². The molecule has 0 heterocycles. The van der Waals surface area contributed by atoms with Crippen molar-refractivity contribution in [2.24, 2.45) is 11.8 Å². The standard InChI is InChI=1S/C14H13Cl2F13Si/c1-30(15,16)8(5-6-2-3-7(8)4-6)9(17,18)10(19,20)11(21,22)12(23,24)13(25,26)14(27,28)29/h6-7H,2-5H2,1H3. The number of hydrogen-bond donors (Lipinski definition) is 0. The highest BCUT2D eigenvalue weighted by atomic mass is 35.7. The van der Waals surface area contributed by atoms with Crippen molar-refractivity contribution in [2.75, 3.05) is 0 Å². The average molecular weight is 527 g/mol. The molecule has 2 fully saturated rings. The molecule has 3 unspecified atom stereocenters. The van der Waals surface area contributed by atoms with Crippen LogP contribution in [0.1, 0.15) is 25.7 Å². The maximum atomic E-state index is 15.0. The monoisotopic (exact) mass is 526 g/mol. The predicted molar refractivity (Wildman–Crippen MR) is 82.3 cm³/mol. The molecule has 0 N–H and O–H groups in total. The molecule has 178 valence electrons. The molecule has 0 nitrogen and oxygen atoms in total. The third kappa shape index (κ3) is 2.93. The first-order chi connectivity index (χ1) is 12.9. The van der Waals surface area contributed by atoms with Crippen molar-refractivity contribution in [3.63, 3.8) is 0 Å². The van der Waals surface area contributed by atoms with Crippen LogP contribution in [0.5, 0.6) is 0 Å². The maximum absolute atomic E-state index is 15.0. The van der Waals surface area contributed by atoms with Crippen molar-refractivity contribution in [3.05, 3.63) is 0 Å². The van der Waals surface area contributed by atoms with Crippen molar-refractivity contribution in [1.82, 2.24) is 0 Å². The Morgan fingerprint density at radius 1 is 0.700 bits per heavy atom. The van der Waals surface area contributed by atoms with E-state index in [9.17, 15) is 48.3 Å². The van der Waals surface area contributed by atoms with E-state index >= 15 is 8.78 Å². The van der Waals surface area contributed by atoms with Crippen LogP contribution in [0.3, 0.4) is 0 Å². The van der Waals surface area contributed by atoms with Gasteiger partial charge < -0.3 is 0 Å². The van der Waals surface area contributed by atoms with Gasteiger partial charge >= 0.3 is 35.8 Å². The Hall–Kier alpha value is -0.113. The fourth-order valence-electron chi connectivity index (χ4n) is 4.58. The van der Waals surface area contributed by atoms with Gasteiger partial charge in [-0.3, -0.25) is 0 Å². The van der Waals surface area contributed by atoms with Crippen molar-refractivity contribution >= 4 is 28.9 Å². The van der Waals surface area contributed by atoms with Crippen LogP contribution in [0.2, 0.25) is 11.6 Å². The zero-order valence-electron chi connectivity index (χ0n) is 14.7. The smallest absolute Gasteiger partial charge is 0.199 e. The molecule has 0 radical (unpaired) electrons. The van der Waals surface area contributed by atoms with Gasteiger partial charge in [-0.25, -0.2) is 0 Å². The van der Waals surface area contributed by atoms with Crippen molar-refractivity contribution in [2.45, 2.75) is 73.1 Å². The minimum absolute atomic E-state index is 0.199. The van der Waals surface area contributed by atoms with E-state index in [1.165, 1.54) is 0 Å². The highest BCUT2D eigenvalue weighted by Gasteiger charge is 2.94. The fraction of sp³-hybridized carbons (Fsp3) is 1.00. The van der Waals surface area contributed by atoms with Gasteiger partial charge in [-0.05, 0) is 37.6 Å². The van der Waals surface area contributed by atoms with Gasteiger partial charge in [0.2, 0.25) is 0 Å². The molecule has 0 spiro atoms. The quantitative estimate of drug-likeness (QED) is 0.188. The topological polar surface area (TPSA) is 0 Å². The van der Waals surface area contributed by atoms with Gasteiger partial charge in [0.25, 0.3) is 6.69 Å². The molecule has 2 aliphatic carbocycles. The van der Waals surface area contributed by atoms with Crippen LogP contribution >= 0.6 is 22.2 Å². The van der Waals surface area contributed by atoms with Crippen molar-refractivity contribution < 1.29 is 57.1 Å². The summed E-state index contributed by atoms with van der Waals surface area (Å²) >= 11 is 11.5. The summed E-state index contributed by atoms with van der Waals surface area (Å²) in [5.74, 6) is -39.3. The van der Waals surface area contributed by atoms with E-state index in [0.29, 0.717) is 6.55 Å². The highest BCUT2D eigenvalue weighted by Crippen LogP contribution is 2.77. The van der Waals surface area contributed by atoms with Crippen molar-refractivity contribution in [3.8, 4) is 0 Å². The van der Waals surface area contributed by atoms with Crippen LogP contribution in [0.25, 0.3) is 0 Å². The lowest BCUT2D eigenvalue weighted by molar-refractivity contribution is -0.443. The second-order valence-corrected chi connectivity index (χ2v) is 15.6. The Morgan fingerprint density at radius 3 is 1.43 bits per heavy atom. The molecular weight excluding hydrogens is 514 g/mol. The van der Waals surface area contributed by atoms with Gasteiger partial charge in [0, 0.05) is 0 Å². The summed E-state index contributed by atoms with van der Waals surface area (Å²) in [5.41, 5.74) is 0. The fourth-order valence-corrected chi connectivity index (χ4v) is 9.01. The van der Waals surface area contributed by atoms with Crippen molar-refractivity contribution in [1.29, 1.82) is 0 Å². The van der Waals surface area contributed by atoms with E-state index in [2.05, 4.69) is 0 Å². The van der Waals surface area contributed by atoms with Crippen LogP contribution in [0, 0.1) is 11.8 Å². The van der Waals surface area contributed by atoms with Gasteiger partial charge in [0.05, 0.1) is 5.04 Å². The van der Waals surface area contributed by atoms with E-state index in [4.69, 9.17) is 22.2 Å². The Morgan fingerprint density at radius 2 is 1.13 bits per heavy atom. The Bertz CT molecular complexity index is 684. The van der Waals surface area contributed by atoms with E-state index in [0.717, 1.165) is 0 Å². The molecule has 2 aliphatic rings. The first kappa shape index (κ1) is 26.1. The molecular formula is C14H13Cl2F13Si. The first-order valence-corrected chi connectivity index (χ1v) is 12.8. The molecule has 0 saturated heterocycles. The number of rotatable bonds is 6. The van der Waals surface area contributed by atoms with Gasteiger partial charge in [-0.2, -0.15) is 57.1 Å². The number of alkyl halides is 13. The third-order valence-corrected chi connectivity index (χ3v) is 10.6. The molecule has 16 heteroatoms. The van der Waals surface area contributed by atoms with Gasteiger partial charge in [-0.15, -0.1) is 22.2 Å². The molecule has 0 aliphatic heterocycles. The highest BCUT2D eigenvalue weighted by molar-refractivity contribution is 7.46. The lowest BCUT2D eigenvalue weighted by Crippen LogP contribution is -2.73. The Labute approximate surface area is 171 Å². The summed E-state index contributed by atoms with van der Waals surface area (Å²) in [6.07, 6.45) is -8.69. The number of hydrogen-bond acceptors (Lipinski definition) is 0. The molecule has 0 aromatic carbocycles. The minimum atomic E-state index is -7.92. The van der Waals surface area contributed by atoms with Crippen LogP contribution in [-0.4, -0.2) is 42.5 Å². The lowest BCUT2D eigenvalue weighted by Gasteiger charge is -2.52. The molecule has 2 bridgehead atoms. The van der Waals surface area contributed by atoms with Crippen LogP contribution in [-0.2, 0) is 0 Å². The molecule has 30 heavy (non-hydrogen) atoms. The normalized spacial score (nSPS) is 29.6. The first-order valence-electron chi connectivity index (χ1n) is 8.27. The van der Waals surface area contributed by atoms with Gasteiger partial charge in [0.15, 0.2) is 0 Å². The van der Waals surface area contributed by atoms with Crippen LogP contribution in [0.15, 0.2) is 0 Å². The molecule has 3 atom stereocenters. The maximum Gasteiger partial charge on any atom is 0.460 e. The molecule has 0 amide bonds. The summed E-state index contributed by atoms with van der Waals surface area (Å²) in [6.45, 7) is -4.01. The number of halogens is 15. The Balaban J connectivity index is 2.68. The summed E-state index contributed by atoms with van der Waals surface area (Å²) in [4.78, 5) is 0. The second kappa shape index (κ2) is 6.70. The Kier molecular flexibility index (Phi) is 5.84. The minimum Gasteiger partial charge on any atom is -0.199 e. The second-order valence-electron chi connectivity index (χ2n) is 7.81. The summed E-state index contributed by atoms with van der Waals surface area (Å²) in [7, 11) is 0. The lowest BCUT2D eigenvalue weighted by atomic mass is 9.77. The van der Waals surface area contributed by atoms with Gasteiger partial charge in [-0.1, -0.05) is 6.42 Å². The average Bonchev–Trinajstić information content (AvgIpc) is 3.13. The SMILES string of the molecule is C[Si](Cl)(Cl)C1(C(F)(F)C(F)(F)C(F)(F)C(F)(F)C(F)(F)C(F)(F)F)CC2CCC1C2. The summed E-state index contributed by atoms with van der Waals surface area (Å²) in [6, 6.07) is 0. The zero-order chi connectivity index (χ0) is 24.0. The third-order valence-electron chi connectivity index (χ3n) is 6.13. The van der Waals surface area contributed by atoms with E-state index in [-0.39, 0.29) is 19.3 Å². The summed E-state index contributed by atoms with van der Waals surface area (Å²) < 4.78 is 176. The van der Waals surface area contributed by atoms with Gasteiger partial charge in [0.1, 0.15) is 0 Å². The predicted octanol–water partition coefficient (Wildman–Crippen LogP) is 7.84. The van der Waals surface area contributed by atoms with E-state index in [1.807, 2.05) is 0 Å².